The molecule has 6 nitrogen and oxygen atoms in total. The Bertz CT molecular complexity index is 1230. The highest BCUT2D eigenvalue weighted by Gasteiger charge is 2.28. The molecule has 0 bridgehead atoms. The molecule has 3 aromatic rings. The first-order valence-corrected chi connectivity index (χ1v) is 14.3. The quantitative estimate of drug-likeness (QED) is 0.180. The number of rotatable bonds is 12. The number of nitrogens with one attached hydrogen (secondary N) is 1. The summed E-state index contributed by atoms with van der Waals surface area (Å²) in [5.41, 5.74) is 4.39. The summed E-state index contributed by atoms with van der Waals surface area (Å²) in [4.78, 5) is 30.7. The van der Waals surface area contributed by atoms with Crippen molar-refractivity contribution in [3.05, 3.63) is 65.5 Å². The van der Waals surface area contributed by atoms with Crippen molar-refractivity contribution >= 4 is 29.3 Å². The van der Waals surface area contributed by atoms with Crippen molar-refractivity contribution in [1.29, 1.82) is 0 Å². The van der Waals surface area contributed by atoms with Gasteiger partial charge in [-0.1, -0.05) is 77.8 Å². The van der Waals surface area contributed by atoms with Crippen LogP contribution in [0.5, 0.6) is 0 Å². The van der Waals surface area contributed by atoms with E-state index >= 15 is 0 Å². The number of aromatic nitrogens is 2. The zero-order chi connectivity index (χ0) is 28.0. The van der Waals surface area contributed by atoms with Crippen molar-refractivity contribution in [3.63, 3.8) is 0 Å². The molecule has 1 amide bonds. The standard InChI is InChI=1S/C31H41N3O3S/c1-8-9-10-18-34-19-26(29(35)33-27-24(20(2)3)12-11-13-25(27)21(4)5)32-28(34)22-14-16-23(17-15-22)38-31(6,7)30(36)37/h11-17,19-21H,8-10,18H2,1-7H3,(H,33,35)(H,36,37). The Hall–Kier alpha value is -3.06. The number of para-hydroxylation sites is 1. The fraction of sp³-hybridized carbons (Fsp3) is 0.452. The summed E-state index contributed by atoms with van der Waals surface area (Å²) in [5.74, 6) is 0.211. The number of nitrogens with zero attached hydrogens (tertiary/aromatic N) is 2. The van der Waals surface area contributed by atoms with Crippen molar-refractivity contribution in [3.8, 4) is 11.4 Å². The number of benzene rings is 2. The predicted molar refractivity (Wildman–Crippen MR) is 157 cm³/mol. The van der Waals surface area contributed by atoms with Gasteiger partial charge in [-0.05, 0) is 55.4 Å². The third-order valence-corrected chi connectivity index (χ3v) is 7.82. The van der Waals surface area contributed by atoms with E-state index in [0.29, 0.717) is 5.69 Å². The van der Waals surface area contributed by atoms with E-state index in [2.05, 4.69) is 62.7 Å². The third kappa shape index (κ3) is 7.07. The van der Waals surface area contributed by atoms with Gasteiger partial charge < -0.3 is 15.0 Å². The first-order chi connectivity index (χ1) is 17.9. The number of hydrogen-bond donors (Lipinski definition) is 2. The van der Waals surface area contributed by atoms with Crippen molar-refractivity contribution in [2.24, 2.45) is 0 Å². The first-order valence-electron chi connectivity index (χ1n) is 13.5. The Balaban J connectivity index is 1.95. The molecule has 2 aromatic carbocycles. The Morgan fingerprint density at radius 2 is 1.61 bits per heavy atom. The topological polar surface area (TPSA) is 84.2 Å². The van der Waals surface area contributed by atoms with Gasteiger partial charge in [0.2, 0.25) is 0 Å². The average molecular weight is 536 g/mol. The summed E-state index contributed by atoms with van der Waals surface area (Å²) >= 11 is 1.31. The molecule has 38 heavy (non-hydrogen) atoms. The summed E-state index contributed by atoms with van der Waals surface area (Å²) in [5, 5.41) is 12.6. The molecule has 0 atom stereocenters. The number of carbonyl (C=O) groups excluding carboxylic acids is 1. The number of aliphatic carboxylic acids is 1. The molecule has 7 heteroatoms. The lowest BCUT2D eigenvalue weighted by molar-refractivity contribution is -0.138. The van der Waals surface area contributed by atoms with Gasteiger partial charge >= 0.3 is 5.97 Å². The van der Waals surface area contributed by atoms with Crippen molar-refractivity contribution < 1.29 is 14.7 Å². The van der Waals surface area contributed by atoms with E-state index in [1.165, 1.54) is 11.8 Å². The van der Waals surface area contributed by atoms with Gasteiger partial charge in [0.1, 0.15) is 16.3 Å². The number of anilines is 1. The molecule has 0 saturated carbocycles. The molecular weight excluding hydrogens is 494 g/mol. The van der Waals surface area contributed by atoms with Crippen LogP contribution in [0.3, 0.4) is 0 Å². The number of carboxylic acids is 1. The van der Waals surface area contributed by atoms with Crippen molar-refractivity contribution in [2.75, 3.05) is 5.32 Å². The van der Waals surface area contributed by atoms with Crippen LogP contribution in [0.2, 0.25) is 0 Å². The molecule has 0 unspecified atom stereocenters. The van der Waals surface area contributed by atoms with E-state index in [1.807, 2.05) is 30.5 Å². The normalized spacial score (nSPS) is 11.8. The molecule has 0 aliphatic heterocycles. The van der Waals surface area contributed by atoms with Gasteiger partial charge in [-0.15, -0.1) is 11.8 Å². The van der Waals surface area contributed by atoms with Crippen molar-refractivity contribution in [1.82, 2.24) is 9.55 Å². The lowest BCUT2D eigenvalue weighted by atomic mass is 9.92. The number of aryl methyl sites for hydroxylation is 1. The van der Waals surface area contributed by atoms with Gasteiger partial charge in [-0.2, -0.15) is 0 Å². The van der Waals surface area contributed by atoms with Crippen LogP contribution in [0.15, 0.2) is 53.6 Å². The largest absolute Gasteiger partial charge is 0.480 e. The van der Waals surface area contributed by atoms with Gasteiger partial charge in [0.15, 0.2) is 0 Å². The van der Waals surface area contributed by atoms with E-state index in [-0.39, 0.29) is 17.7 Å². The minimum absolute atomic E-state index is 0.217. The summed E-state index contributed by atoms with van der Waals surface area (Å²) < 4.78 is 1.14. The van der Waals surface area contributed by atoms with Crippen LogP contribution in [0.1, 0.15) is 101 Å². The second-order valence-electron chi connectivity index (χ2n) is 10.9. The van der Waals surface area contributed by atoms with Gasteiger partial charge in [0.25, 0.3) is 5.91 Å². The molecule has 3 rings (SSSR count). The van der Waals surface area contributed by atoms with Crippen LogP contribution >= 0.6 is 11.8 Å². The molecule has 1 heterocycles. The Labute approximate surface area is 231 Å². The maximum atomic E-state index is 13.5. The molecule has 1 aromatic heterocycles. The summed E-state index contributed by atoms with van der Waals surface area (Å²) in [7, 11) is 0. The molecular formula is C31H41N3O3S. The van der Waals surface area contributed by atoms with Crippen LogP contribution in [-0.2, 0) is 11.3 Å². The van der Waals surface area contributed by atoms with Crippen LogP contribution in [0.25, 0.3) is 11.4 Å². The molecule has 0 saturated heterocycles. The van der Waals surface area contributed by atoms with E-state index in [1.54, 1.807) is 13.8 Å². The maximum absolute atomic E-state index is 13.5. The van der Waals surface area contributed by atoms with E-state index < -0.39 is 10.7 Å². The summed E-state index contributed by atoms with van der Waals surface area (Å²) in [6.07, 6.45) is 5.05. The highest BCUT2D eigenvalue weighted by atomic mass is 32.2. The summed E-state index contributed by atoms with van der Waals surface area (Å²) in [6.45, 7) is 14.9. The lowest BCUT2D eigenvalue weighted by Crippen LogP contribution is -2.26. The van der Waals surface area contributed by atoms with Crippen LogP contribution in [0, 0.1) is 0 Å². The zero-order valence-electron chi connectivity index (χ0n) is 23.7. The SMILES string of the molecule is CCCCCn1cc(C(=O)Nc2c(C(C)C)cccc2C(C)C)nc1-c1ccc(SC(C)(C)C(=O)O)cc1. The Morgan fingerprint density at radius 1 is 1.00 bits per heavy atom. The molecule has 0 fully saturated rings. The van der Waals surface area contributed by atoms with Gasteiger partial charge in [-0.25, -0.2) is 4.98 Å². The molecule has 0 aliphatic carbocycles. The fourth-order valence-electron chi connectivity index (χ4n) is 4.34. The number of carbonyl (C=O) groups is 2. The lowest BCUT2D eigenvalue weighted by Gasteiger charge is -2.19. The highest BCUT2D eigenvalue weighted by molar-refractivity contribution is 8.01. The van der Waals surface area contributed by atoms with Crippen LogP contribution in [0.4, 0.5) is 5.69 Å². The van der Waals surface area contributed by atoms with Crippen LogP contribution < -0.4 is 5.32 Å². The maximum Gasteiger partial charge on any atom is 0.319 e. The Kier molecular flexibility index (Phi) is 9.82. The van der Waals surface area contributed by atoms with Crippen molar-refractivity contribution in [2.45, 2.75) is 95.8 Å². The minimum atomic E-state index is -0.924. The number of imidazole rings is 1. The molecule has 0 spiro atoms. The third-order valence-electron chi connectivity index (χ3n) is 6.62. The molecule has 204 valence electrons. The smallest absolute Gasteiger partial charge is 0.319 e. The number of carboxylic acid groups (broad SMARTS) is 1. The first kappa shape index (κ1) is 29.5. The average Bonchev–Trinajstić information content (AvgIpc) is 3.28. The number of amides is 1. The Morgan fingerprint density at radius 3 is 2.13 bits per heavy atom. The predicted octanol–water partition coefficient (Wildman–Crippen LogP) is 8.19. The zero-order valence-corrected chi connectivity index (χ0v) is 24.5. The number of unbranched alkanes of at least 4 members (excludes halogenated alkanes) is 2. The second kappa shape index (κ2) is 12.7. The highest BCUT2D eigenvalue weighted by Crippen LogP contribution is 2.35. The van der Waals surface area contributed by atoms with E-state index in [9.17, 15) is 14.7 Å². The van der Waals surface area contributed by atoms with Gasteiger partial charge in [0, 0.05) is 28.9 Å². The summed E-state index contributed by atoms with van der Waals surface area (Å²) in [6, 6.07) is 13.9. The fourth-order valence-corrected chi connectivity index (χ4v) is 5.29. The van der Waals surface area contributed by atoms with Gasteiger partial charge in [-0.3, -0.25) is 9.59 Å². The molecule has 0 radical (unpaired) electrons. The van der Waals surface area contributed by atoms with Gasteiger partial charge in [0.05, 0.1) is 0 Å². The minimum Gasteiger partial charge on any atom is -0.480 e. The second-order valence-corrected chi connectivity index (χ2v) is 12.6. The number of hydrogen-bond acceptors (Lipinski definition) is 4. The van der Waals surface area contributed by atoms with E-state index in [4.69, 9.17) is 4.98 Å². The molecule has 0 aliphatic rings. The number of thioether (sulfide) groups is 1. The van der Waals surface area contributed by atoms with E-state index in [0.717, 1.165) is 58.9 Å². The molecule has 2 N–H and O–H groups in total. The van der Waals surface area contributed by atoms with Crippen LogP contribution in [-0.4, -0.2) is 31.3 Å². The monoisotopic (exact) mass is 535 g/mol.